The van der Waals surface area contributed by atoms with Crippen molar-refractivity contribution in [3.05, 3.63) is 18.3 Å². The van der Waals surface area contributed by atoms with E-state index in [9.17, 15) is 4.79 Å². The lowest BCUT2D eigenvalue weighted by Gasteiger charge is -1.96. The van der Waals surface area contributed by atoms with Gasteiger partial charge in [-0.3, -0.25) is 4.79 Å². The molecule has 1 atom stereocenters. The number of carboxylic acids is 1. The summed E-state index contributed by atoms with van der Waals surface area (Å²) in [5.74, 6) is -0.0532. The van der Waals surface area contributed by atoms with Crippen LogP contribution in [0.3, 0.4) is 0 Å². The first-order valence-corrected chi connectivity index (χ1v) is 5.36. The minimum atomic E-state index is -0.706. The SMILES string of the molecule is CCC(C)C(=O)O.CCNc1cccnn1. The Morgan fingerprint density at radius 1 is 1.56 bits per heavy atom. The molecule has 0 saturated carbocycles. The van der Waals surface area contributed by atoms with Crippen LogP contribution in [0.15, 0.2) is 18.3 Å². The molecule has 0 aliphatic heterocycles. The predicted octanol–water partition coefficient (Wildman–Crippen LogP) is 2.03. The molecular weight excluding hydrogens is 206 g/mol. The van der Waals surface area contributed by atoms with Crippen LogP contribution in [-0.4, -0.2) is 27.8 Å². The lowest BCUT2D eigenvalue weighted by molar-refractivity contribution is -0.141. The van der Waals surface area contributed by atoms with Crippen LogP contribution < -0.4 is 5.32 Å². The topological polar surface area (TPSA) is 75.1 Å². The highest BCUT2D eigenvalue weighted by Crippen LogP contribution is 1.97. The Hall–Kier alpha value is -1.65. The van der Waals surface area contributed by atoms with Gasteiger partial charge in [0.05, 0.1) is 5.92 Å². The largest absolute Gasteiger partial charge is 0.481 e. The molecule has 0 fully saturated rings. The fraction of sp³-hybridized carbons (Fsp3) is 0.545. The van der Waals surface area contributed by atoms with Crippen LogP contribution in [0, 0.1) is 5.92 Å². The summed E-state index contributed by atoms with van der Waals surface area (Å²) in [7, 11) is 0. The van der Waals surface area contributed by atoms with Crippen molar-refractivity contribution >= 4 is 11.8 Å². The third kappa shape index (κ3) is 6.75. The predicted molar refractivity (Wildman–Crippen MR) is 63.3 cm³/mol. The molecule has 5 heteroatoms. The molecule has 1 aromatic heterocycles. The van der Waals surface area contributed by atoms with Gasteiger partial charge in [0, 0.05) is 12.7 Å². The number of aliphatic carboxylic acids is 1. The molecule has 0 aromatic carbocycles. The second-order valence-electron chi connectivity index (χ2n) is 3.29. The van der Waals surface area contributed by atoms with Crippen molar-refractivity contribution in [1.29, 1.82) is 0 Å². The highest BCUT2D eigenvalue weighted by molar-refractivity contribution is 5.69. The summed E-state index contributed by atoms with van der Waals surface area (Å²) in [5.41, 5.74) is 0. The van der Waals surface area contributed by atoms with Crippen molar-refractivity contribution in [1.82, 2.24) is 10.2 Å². The number of nitrogens with one attached hydrogen (secondary N) is 1. The molecule has 0 amide bonds. The zero-order valence-electron chi connectivity index (χ0n) is 9.97. The first-order valence-electron chi connectivity index (χ1n) is 5.36. The summed E-state index contributed by atoms with van der Waals surface area (Å²) in [6, 6.07) is 3.74. The maximum absolute atomic E-state index is 9.93. The standard InChI is InChI=1S/C6H9N3.C5H10O2/c1-2-7-6-4-3-5-8-9-6;1-3-4(2)5(6)7/h3-5H,2H2,1H3,(H,7,9);4H,3H2,1-2H3,(H,6,7). The van der Waals surface area contributed by atoms with Crippen molar-refractivity contribution in [2.75, 3.05) is 11.9 Å². The van der Waals surface area contributed by atoms with Gasteiger partial charge in [-0.2, -0.15) is 5.10 Å². The van der Waals surface area contributed by atoms with Gasteiger partial charge in [0.15, 0.2) is 0 Å². The van der Waals surface area contributed by atoms with Crippen molar-refractivity contribution in [2.24, 2.45) is 5.92 Å². The molecule has 1 unspecified atom stereocenters. The van der Waals surface area contributed by atoms with Crippen LogP contribution in [0.4, 0.5) is 5.82 Å². The van der Waals surface area contributed by atoms with Crippen LogP contribution >= 0.6 is 0 Å². The van der Waals surface area contributed by atoms with E-state index in [0.29, 0.717) is 0 Å². The number of anilines is 1. The van der Waals surface area contributed by atoms with Crippen LogP contribution in [0.5, 0.6) is 0 Å². The Bertz CT molecular complexity index is 291. The van der Waals surface area contributed by atoms with Gasteiger partial charge in [-0.15, -0.1) is 5.10 Å². The number of rotatable bonds is 4. The average Bonchev–Trinajstić information content (AvgIpc) is 2.30. The minimum absolute atomic E-state index is 0.181. The average molecular weight is 225 g/mol. The van der Waals surface area contributed by atoms with E-state index in [1.807, 2.05) is 26.0 Å². The first kappa shape index (κ1) is 14.3. The Morgan fingerprint density at radius 3 is 2.56 bits per heavy atom. The normalized spacial score (nSPS) is 10.9. The number of carbonyl (C=O) groups is 1. The second kappa shape index (κ2) is 8.64. The van der Waals surface area contributed by atoms with Gasteiger partial charge in [-0.1, -0.05) is 13.8 Å². The highest BCUT2D eigenvalue weighted by Gasteiger charge is 2.05. The van der Waals surface area contributed by atoms with Gasteiger partial charge in [-0.25, -0.2) is 0 Å². The van der Waals surface area contributed by atoms with E-state index < -0.39 is 5.97 Å². The van der Waals surface area contributed by atoms with Gasteiger partial charge in [0.25, 0.3) is 0 Å². The Balaban J connectivity index is 0.000000293. The number of nitrogens with zero attached hydrogens (tertiary/aromatic N) is 2. The zero-order valence-corrected chi connectivity index (χ0v) is 9.97. The van der Waals surface area contributed by atoms with E-state index in [1.165, 1.54) is 0 Å². The quantitative estimate of drug-likeness (QED) is 0.820. The molecule has 1 rings (SSSR count). The summed E-state index contributed by atoms with van der Waals surface area (Å²) in [5, 5.41) is 18.7. The summed E-state index contributed by atoms with van der Waals surface area (Å²) in [6.45, 7) is 6.47. The smallest absolute Gasteiger partial charge is 0.306 e. The van der Waals surface area contributed by atoms with E-state index >= 15 is 0 Å². The Kier molecular flexibility index (Phi) is 7.75. The van der Waals surface area contributed by atoms with Crippen LogP contribution in [0.1, 0.15) is 27.2 Å². The third-order valence-electron chi connectivity index (χ3n) is 1.96. The maximum atomic E-state index is 9.93. The molecular formula is C11H19N3O2. The maximum Gasteiger partial charge on any atom is 0.306 e. The number of hydrogen-bond donors (Lipinski definition) is 2. The molecule has 2 N–H and O–H groups in total. The number of hydrogen-bond acceptors (Lipinski definition) is 4. The van der Waals surface area contributed by atoms with Gasteiger partial charge in [0.2, 0.25) is 0 Å². The van der Waals surface area contributed by atoms with Crippen LogP contribution in [-0.2, 0) is 4.79 Å². The van der Waals surface area contributed by atoms with E-state index in [0.717, 1.165) is 18.8 Å². The fourth-order valence-corrected chi connectivity index (χ4v) is 0.752. The molecule has 16 heavy (non-hydrogen) atoms. The third-order valence-corrected chi connectivity index (χ3v) is 1.96. The van der Waals surface area contributed by atoms with Gasteiger partial charge < -0.3 is 10.4 Å². The van der Waals surface area contributed by atoms with Crippen molar-refractivity contribution in [2.45, 2.75) is 27.2 Å². The Labute approximate surface area is 95.9 Å². The van der Waals surface area contributed by atoms with E-state index in [-0.39, 0.29) is 5.92 Å². The summed E-state index contributed by atoms with van der Waals surface area (Å²) >= 11 is 0. The molecule has 90 valence electrons. The molecule has 0 aliphatic rings. The van der Waals surface area contributed by atoms with Gasteiger partial charge in [-0.05, 0) is 25.5 Å². The molecule has 1 aromatic rings. The molecule has 0 aliphatic carbocycles. The van der Waals surface area contributed by atoms with E-state index in [2.05, 4.69) is 15.5 Å². The number of carboxylic acid groups (broad SMARTS) is 1. The summed E-state index contributed by atoms with van der Waals surface area (Å²) < 4.78 is 0. The van der Waals surface area contributed by atoms with Gasteiger partial charge >= 0.3 is 5.97 Å². The molecule has 0 radical (unpaired) electrons. The second-order valence-corrected chi connectivity index (χ2v) is 3.29. The molecule has 0 spiro atoms. The summed E-state index contributed by atoms with van der Waals surface area (Å²) in [4.78, 5) is 9.93. The Morgan fingerprint density at radius 2 is 2.25 bits per heavy atom. The van der Waals surface area contributed by atoms with Crippen LogP contribution in [0.25, 0.3) is 0 Å². The molecule has 0 bridgehead atoms. The summed E-state index contributed by atoms with van der Waals surface area (Å²) in [6.07, 6.45) is 2.37. The fourth-order valence-electron chi connectivity index (χ4n) is 0.752. The molecule has 0 saturated heterocycles. The monoisotopic (exact) mass is 225 g/mol. The van der Waals surface area contributed by atoms with Gasteiger partial charge in [0.1, 0.15) is 5.82 Å². The first-order chi connectivity index (χ1) is 7.61. The molecule has 1 heterocycles. The van der Waals surface area contributed by atoms with Crippen LogP contribution in [0.2, 0.25) is 0 Å². The van der Waals surface area contributed by atoms with E-state index in [4.69, 9.17) is 5.11 Å². The van der Waals surface area contributed by atoms with Crippen molar-refractivity contribution < 1.29 is 9.90 Å². The zero-order chi connectivity index (χ0) is 12.4. The van der Waals surface area contributed by atoms with E-state index in [1.54, 1.807) is 13.1 Å². The van der Waals surface area contributed by atoms with Crippen molar-refractivity contribution in [3.8, 4) is 0 Å². The lowest BCUT2D eigenvalue weighted by Crippen LogP contribution is -2.06. The molecule has 5 nitrogen and oxygen atoms in total. The highest BCUT2D eigenvalue weighted by atomic mass is 16.4. The number of aromatic nitrogens is 2. The van der Waals surface area contributed by atoms with Crippen molar-refractivity contribution in [3.63, 3.8) is 0 Å². The lowest BCUT2D eigenvalue weighted by atomic mass is 10.1. The minimum Gasteiger partial charge on any atom is -0.481 e.